The molecule has 0 amide bonds. The highest BCUT2D eigenvalue weighted by atomic mass is 16.7. The van der Waals surface area contributed by atoms with Crippen molar-refractivity contribution >= 4 is 11.8 Å². The number of rotatable bonds is 0. The van der Waals surface area contributed by atoms with E-state index >= 15 is 0 Å². The second-order valence-corrected chi connectivity index (χ2v) is 6.84. The maximum absolute atomic E-state index is 12.3. The maximum Gasteiger partial charge on any atom is 0.341 e. The molecule has 7 atom stereocenters. The molecule has 2 saturated heterocycles. The topological polar surface area (TPSA) is 76.1 Å². The number of fused-ring (bicyclic) bond motifs is 3. The van der Waals surface area contributed by atoms with E-state index in [1.54, 1.807) is 6.08 Å². The van der Waals surface area contributed by atoms with E-state index in [1.807, 2.05) is 19.9 Å². The van der Waals surface area contributed by atoms with Crippen molar-refractivity contribution in [2.75, 3.05) is 6.61 Å². The third-order valence-corrected chi connectivity index (χ3v) is 5.85. The minimum Gasteiger partial charge on any atom is -0.460 e. The Morgan fingerprint density at radius 1 is 1.40 bits per heavy atom. The van der Waals surface area contributed by atoms with Crippen LogP contribution in [-0.2, 0) is 19.1 Å². The van der Waals surface area contributed by atoms with E-state index in [4.69, 9.17) is 9.47 Å². The predicted octanol–water partition coefficient (Wildman–Crippen LogP) is 0.459. The fourth-order valence-electron chi connectivity index (χ4n) is 4.53. The summed E-state index contributed by atoms with van der Waals surface area (Å²) in [5.74, 6) is -0.702. The van der Waals surface area contributed by atoms with Crippen molar-refractivity contribution in [3.63, 3.8) is 0 Å². The van der Waals surface area contributed by atoms with Gasteiger partial charge in [-0.2, -0.15) is 0 Å². The highest BCUT2D eigenvalue weighted by Crippen LogP contribution is 2.57. The van der Waals surface area contributed by atoms with Crippen LogP contribution in [0.5, 0.6) is 0 Å². The first-order valence-corrected chi connectivity index (χ1v) is 7.17. The van der Waals surface area contributed by atoms with Crippen molar-refractivity contribution in [2.45, 2.75) is 38.1 Å². The molecule has 1 saturated carbocycles. The summed E-state index contributed by atoms with van der Waals surface area (Å²) in [5, 5.41) is 10.9. The van der Waals surface area contributed by atoms with E-state index in [9.17, 15) is 14.7 Å². The van der Waals surface area contributed by atoms with Crippen molar-refractivity contribution in [3.05, 3.63) is 12.2 Å². The Morgan fingerprint density at radius 2 is 2.10 bits per heavy atom. The monoisotopic (exact) mass is 278 g/mol. The van der Waals surface area contributed by atoms with E-state index in [0.29, 0.717) is 13.0 Å². The van der Waals surface area contributed by atoms with E-state index < -0.39 is 23.0 Å². The average Bonchev–Trinajstić information content (AvgIpc) is 3.07. The molecule has 3 fully saturated rings. The molecule has 4 aliphatic rings. The van der Waals surface area contributed by atoms with E-state index in [0.717, 1.165) is 0 Å². The molecule has 5 heteroatoms. The highest BCUT2D eigenvalue weighted by molar-refractivity contribution is 5.98. The van der Waals surface area contributed by atoms with Crippen LogP contribution in [0.4, 0.5) is 0 Å². The Hall–Kier alpha value is -1.20. The number of aliphatic hydroxyl groups is 1. The molecule has 5 nitrogen and oxygen atoms in total. The number of esters is 1. The van der Waals surface area contributed by atoms with Gasteiger partial charge in [0, 0.05) is 0 Å². The molecule has 0 aromatic rings. The van der Waals surface area contributed by atoms with Crippen LogP contribution in [0.15, 0.2) is 12.2 Å². The molecule has 2 aliphatic heterocycles. The lowest BCUT2D eigenvalue weighted by atomic mass is 9.66. The van der Waals surface area contributed by atoms with Gasteiger partial charge < -0.3 is 14.6 Å². The van der Waals surface area contributed by atoms with Gasteiger partial charge in [-0.05, 0) is 31.3 Å². The molecule has 2 aliphatic carbocycles. The molecule has 0 radical (unpaired) electrons. The van der Waals surface area contributed by atoms with Crippen molar-refractivity contribution in [2.24, 2.45) is 23.2 Å². The zero-order valence-corrected chi connectivity index (χ0v) is 11.5. The molecule has 2 heterocycles. The van der Waals surface area contributed by atoms with Crippen LogP contribution in [0.25, 0.3) is 0 Å². The first-order valence-electron chi connectivity index (χ1n) is 7.17. The number of hydrogen-bond acceptors (Lipinski definition) is 5. The summed E-state index contributed by atoms with van der Waals surface area (Å²) < 4.78 is 10.8. The van der Waals surface area contributed by atoms with E-state index in [-0.39, 0.29) is 29.7 Å². The lowest BCUT2D eigenvalue weighted by Crippen LogP contribution is -2.50. The standard InChI is InChI=1S/C15H18O5/c1-7-5-9-11(15(6-19-15)13(18)20-9)12(17)14(2)8(7)3-4-10(14)16/h3-4,7-9,11-12,17H,5-6H2,1-2H3/t7-,8+,9+,11+,12-,14+,15+/m0/s1. The van der Waals surface area contributed by atoms with Crippen LogP contribution >= 0.6 is 0 Å². The summed E-state index contributed by atoms with van der Waals surface area (Å²) in [5.41, 5.74) is -1.86. The van der Waals surface area contributed by atoms with Gasteiger partial charge in [-0.25, -0.2) is 4.79 Å². The molecule has 4 rings (SSSR count). The van der Waals surface area contributed by atoms with Crippen LogP contribution in [0.3, 0.4) is 0 Å². The average molecular weight is 278 g/mol. The second-order valence-electron chi connectivity index (χ2n) is 6.84. The van der Waals surface area contributed by atoms with Gasteiger partial charge in [-0.3, -0.25) is 4.79 Å². The largest absolute Gasteiger partial charge is 0.460 e. The van der Waals surface area contributed by atoms with E-state index in [1.165, 1.54) is 0 Å². The summed E-state index contributed by atoms with van der Waals surface area (Å²) in [6.45, 7) is 4.15. The quantitative estimate of drug-likeness (QED) is 0.514. The summed E-state index contributed by atoms with van der Waals surface area (Å²) in [4.78, 5) is 24.3. The van der Waals surface area contributed by atoms with Gasteiger partial charge in [0.1, 0.15) is 6.10 Å². The molecule has 1 spiro atoms. The van der Waals surface area contributed by atoms with Gasteiger partial charge in [-0.15, -0.1) is 0 Å². The Balaban J connectivity index is 1.82. The Kier molecular flexibility index (Phi) is 2.20. The van der Waals surface area contributed by atoms with Gasteiger partial charge >= 0.3 is 5.97 Å². The first-order chi connectivity index (χ1) is 9.41. The summed E-state index contributed by atoms with van der Waals surface area (Å²) in [6, 6.07) is 0. The van der Waals surface area contributed by atoms with Gasteiger partial charge in [0.05, 0.1) is 24.0 Å². The number of carbonyl (C=O) groups is 2. The summed E-state index contributed by atoms with van der Waals surface area (Å²) in [7, 11) is 0. The number of carbonyl (C=O) groups excluding carboxylic acids is 2. The molecule has 108 valence electrons. The van der Waals surface area contributed by atoms with Crippen LogP contribution in [0, 0.1) is 23.2 Å². The van der Waals surface area contributed by atoms with Crippen molar-refractivity contribution < 1.29 is 24.2 Å². The van der Waals surface area contributed by atoms with Crippen molar-refractivity contribution in [1.29, 1.82) is 0 Å². The van der Waals surface area contributed by atoms with Gasteiger partial charge in [0.15, 0.2) is 11.4 Å². The Labute approximate surface area is 116 Å². The third-order valence-electron chi connectivity index (χ3n) is 5.85. The van der Waals surface area contributed by atoms with Crippen molar-refractivity contribution in [3.8, 4) is 0 Å². The zero-order valence-electron chi connectivity index (χ0n) is 11.5. The normalized spacial score (nSPS) is 56.5. The number of ketones is 1. The van der Waals surface area contributed by atoms with Crippen molar-refractivity contribution in [1.82, 2.24) is 0 Å². The lowest BCUT2D eigenvalue weighted by Gasteiger charge is -2.37. The predicted molar refractivity (Wildman–Crippen MR) is 67.6 cm³/mol. The molecule has 0 aromatic carbocycles. The first kappa shape index (κ1) is 12.5. The van der Waals surface area contributed by atoms with Crippen LogP contribution in [0.1, 0.15) is 20.3 Å². The third kappa shape index (κ3) is 1.21. The van der Waals surface area contributed by atoms with Gasteiger partial charge in [0.2, 0.25) is 0 Å². The Bertz CT molecular complexity index is 534. The molecular formula is C15H18O5. The smallest absolute Gasteiger partial charge is 0.341 e. The molecule has 20 heavy (non-hydrogen) atoms. The Morgan fingerprint density at radius 3 is 2.75 bits per heavy atom. The van der Waals surface area contributed by atoms with Crippen LogP contribution in [-0.4, -0.2) is 41.3 Å². The highest BCUT2D eigenvalue weighted by Gasteiger charge is 2.73. The molecular weight excluding hydrogens is 260 g/mol. The second kappa shape index (κ2) is 3.52. The number of hydrogen-bond donors (Lipinski definition) is 1. The molecule has 0 aromatic heterocycles. The summed E-state index contributed by atoms with van der Waals surface area (Å²) >= 11 is 0. The molecule has 0 unspecified atom stereocenters. The van der Waals surface area contributed by atoms with Gasteiger partial charge in [0.25, 0.3) is 0 Å². The SMILES string of the molecule is C[C@H]1C[C@H]2OC(=O)[C@@]3(CO3)[C@H]2[C@H](O)[C@@]2(C)C(=O)C=C[C@H]12. The maximum atomic E-state index is 12.3. The number of aliphatic hydroxyl groups excluding tert-OH is 1. The number of ether oxygens (including phenoxy) is 2. The lowest BCUT2D eigenvalue weighted by molar-refractivity contribution is -0.146. The fraction of sp³-hybridized carbons (Fsp3) is 0.733. The van der Waals surface area contributed by atoms with Gasteiger partial charge in [-0.1, -0.05) is 13.0 Å². The number of allylic oxidation sites excluding steroid dienone is 2. The number of epoxide rings is 1. The van der Waals surface area contributed by atoms with E-state index in [2.05, 4.69) is 0 Å². The molecule has 0 bridgehead atoms. The fourth-order valence-corrected chi connectivity index (χ4v) is 4.53. The molecule has 1 N–H and O–H groups in total. The van der Waals surface area contributed by atoms with Crippen LogP contribution in [0.2, 0.25) is 0 Å². The summed E-state index contributed by atoms with van der Waals surface area (Å²) in [6.07, 6.45) is 2.87. The minimum atomic E-state index is -0.995. The minimum absolute atomic E-state index is 0.00916. The zero-order chi connectivity index (χ0) is 14.3. The van der Waals surface area contributed by atoms with Crippen LogP contribution < -0.4 is 0 Å².